The molecule has 2 atom stereocenters. The van der Waals surface area contributed by atoms with Gasteiger partial charge in [-0.25, -0.2) is 0 Å². The van der Waals surface area contributed by atoms with E-state index < -0.39 is 116 Å². The first kappa shape index (κ1) is 46.8. The first-order chi connectivity index (χ1) is 23.8. The first-order valence-electron chi connectivity index (χ1n) is 15.4. The summed E-state index contributed by atoms with van der Waals surface area (Å²) < 4.78 is 295. The largest absolute Gasteiger partial charge is 0.398 e. The van der Waals surface area contributed by atoms with Crippen LogP contribution >= 0.6 is 0 Å². The molecule has 0 saturated carbocycles. The van der Waals surface area contributed by atoms with Gasteiger partial charge in [0.2, 0.25) is 0 Å². The van der Waals surface area contributed by atoms with E-state index in [0.717, 1.165) is 13.8 Å². The number of rotatable bonds is 15. The fourth-order valence-electron chi connectivity index (χ4n) is 5.21. The fourth-order valence-corrected chi connectivity index (χ4v) is 5.21. The van der Waals surface area contributed by atoms with E-state index in [1.807, 2.05) is 0 Å². The van der Waals surface area contributed by atoms with Crippen LogP contribution in [0.2, 0.25) is 0 Å². The highest BCUT2D eigenvalue weighted by Crippen LogP contribution is 2.67. The minimum absolute atomic E-state index is 0.0346. The summed E-state index contributed by atoms with van der Waals surface area (Å²) in [5.74, 6) is -85.1. The van der Waals surface area contributed by atoms with Crippen molar-refractivity contribution in [2.75, 3.05) is 11.5 Å². The Hall–Kier alpha value is -3.36. The molecule has 0 aromatic heterocycles. The number of anilines is 2. The summed E-state index contributed by atoms with van der Waals surface area (Å²) in [4.78, 5) is 0. The molecular weight excluding hydrogens is 792 g/mol. The Kier molecular flexibility index (Phi) is 11.9. The van der Waals surface area contributed by atoms with Gasteiger partial charge in [0.25, 0.3) is 0 Å². The second-order valence-electron chi connectivity index (χ2n) is 13.0. The number of alkyl halides is 20. The van der Waals surface area contributed by atoms with E-state index in [-0.39, 0.29) is 37.1 Å². The molecule has 0 aliphatic carbocycles. The summed E-state index contributed by atoms with van der Waals surface area (Å²) in [6.45, 7) is 6.70. The van der Waals surface area contributed by atoms with Crippen LogP contribution in [-0.4, -0.2) is 47.4 Å². The maximum Gasteiger partial charge on any atom is 0.385 e. The lowest BCUT2D eigenvalue weighted by Gasteiger charge is -2.45. The van der Waals surface area contributed by atoms with Crippen molar-refractivity contribution < 1.29 is 87.8 Å². The van der Waals surface area contributed by atoms with Crippen LogP contribution in [0.4, 0.5) is 99.2 Å². The van der Waals surface area contributed by atoms with Gasteiger partial charge < -0.3 is 11.5 Å². The number of nitrogens with two attached hydrogens (primary N) is 2. The van der Waals surface area contributed by atoms with Crippen LogP contribution in [0.5, 0.6) is 0 Å². The second-order valence-corrected chi connectivity index (χ2v) is 13.0. The molecule has 0 aliphatic rings. The fraction of sp³-hybridized carbons (Fsp3) is 0.625. The van der Waals surface area contributed by atoms with Crippen molar-refractivity contribution in [2.24, 2.45) is 0 Å². The highest BCUT2D eigenvalue weighted by atomic mass is 19.4. The standard InChI is InChI=1S/C32H32F20N2/c1-7-13(3)19-11-17(9-15(5)21(19)53)23(33,34)25(37,38)27(41,42)29(45,46)31(49,50)32(51,52)30(47,48)28(43,44)26(39,40)24(35,36)18-10-16(6)22(54)20(12-18)14(4)8-2/h9-14H,7-8,53-54H2,1-6H3. The normalized spacial score (nSPS) is 16.1. The average molecular weight is 825 g/mol. The van der Waals surface area contributed by atoms with E-state index in [4.69, 9.17) is 11.5 Å². The van der Waals surface area contributed by atoms with Crippen LogP contribution in [0.1, 0.15) is 85.8 Å². The molecule has 0 aliphatic heterocycles. The topological polar surface area (TPSA) is 52.0 Å². The van der Waals surface area contributed by atoms with Gasteiger partial charge >= 0.3 is 59.2 Å². The van der Waals surface area contributed by atoms with Crippen LogP contribution in [0, 0.1) is 13.8 Å². The average Bonchev–Trinajstić information content (AvgIpc) is 3.05. The zero-order valence-electron chi connectivity index (χ0n) is 28.6. The number of hydrogen-bond donors (Lipinski definition) is 2. The van der Waals surface area contributed by atoms with Crippen molar-refractivity contribution in [1.82, 2.24) is 0 Å². The van der Waals surface area contributed by atoms with Gasteiger partial charge in [-0.1, -0.05) is 27.7 Å². The van der Waals surface area contributed by atoms with Crippen LogP contribution in [-0.2, 0) is 11.8 Å². The number of aryl methyl sites for hydroxylation is 2. The van der Waals surface area contributed by atoms with Crippen molar-refractivity contribution in [3.05, 3.63) is 57.6 Å². The Balaban J connectivity index is 2.80. The maximum absolute atomic E-state index is 15.0. The highest BCUT2D eigenvalue weighted by molar-refractivity contribution is 5.58. The Labute approximate surface area is 294 Å². The molecule has 0 bridgehead atoms. The van der Waals surface area contributed by atoms with Crippen molar-refractivity contribution in [2.45, 2.75) is 125 Å². The molecule has 2 rings (SSSR count). The van der Waals surface area contributed by atoms with Crippen LogP contribution in [0.25, 0.3) is 0 Å². The number of nitrogen functional groups attached to an aromatic ring is 2. The van der Waals surface area contributed by atoms with Crippen molar-refractivity contribution in [1.29, 1.82) is 0 Å². The van der Waals surface area contributed by atoms with Gasteiger partial charge in [-0.05, 0) is 85.0 Å². The molecule has 310 valence electrons. The molecule has 0 radical (unpaired) electrons. The van der Waals surface area contributed by atoms with Gasteiger partial charge in [0.15, 0.2) is 0 Å². The summed E-state index contributed by atoms with van der Waals surface area (Å²) in [6.07, 6.45) is -0.0692. The minimum Gasteiger partial charge on any atom is -0.398 e. The van der Waals surface area contributed by atoms with Gasteiger partial charge in [-0.2, -0.15) is 87.8 Å². The first-order valence-corrected chi connectivity index (χ1v) is 15.4. The van der Waals surface area contributed by atoms with Crippen LogP contribution < -0.4 is 11.5 Å². The SMILES string of the molecule is CCC(C)c1cc(C(F)(F)C(F)(F)C(F)(F)C(F)(F)C(F)(F)C(F)(F)C(F)(F)C(F)(F)C(F)(F)C(F)(F)c2cc(C)c(N)c(C(C)CC)c2)cc(C)c1N. The van der Waals surface area contributed by atoms with Gasteiger partial charge in [0.05, 0.1) is 0 Å². The lowest BCUT2D eigenvalue weighted by molar-refractivity contribution is -0.470. The lowest BCUT2D eigenvalue weighted by atomic mass is 9.82. The molecule has 0 spiro atoms. The third-order valence-electron chi connectivity index (χ3n) is 9.40. The van der Waals surface area contributed by atoms with Crippen molar-refractivity contribution in [3.8, 4) is 0 Å². The Bertz CT molecular complexity index is 1580. The van der Waals surface area contributed by atoms with Crippen LogP contribution in [0.3, 0.4) is 0 Å². The summed E-state index contributed by atoms with van der Waals surface area (Å²) >= 11 is 0. The van der Waals surface area contributed by atoms with Crippen molar-refractivity contribution in [3.63, 3.8) is 0 Å². The third kappa shape index (κ3) is 6.18. The van der Waals surface area contributed by atoms with Crippen molar-refractivity contribution >= 4 is 11.4 Å². The summed E-state index contributed by atoms with van der Waals surface area (Å²) in [6, 6.07) is -0.420. The van der Waals surface area contributed by atoms with Gasteiger partial charge in [-0.15, -0.1) is 0 Å². The summed E-state index contributed by atoms with van der Waals surface area (Å²) in [5, 5.41) is 0. The molecule has 2 unspecified atom stereocenters. The molecule has 2 aromatic rings. The van der Waals surface area contributed by atoms with E-state index in [1.54, 1.807) is 0 Å². The van der Waals surface area contributed by atoms with Gasteiger partial charge in [0, 0.05) is 22.5 Å². The van der Waals surface area contributed by atoms with E-state index in [2.05, 4.69) is 0 Å². The molecule has 22 heteroatoms. The molecular formula is C32H32F20N2. The van der Waals surface area contributed by atoms with E-state index in [0.29, 0.717) is 0 Å². The minimum atomic E-state index is -9.12. The Morgan fingerprint density at radius 3 is 0.815 bits per heavy atom. The molecule has 2 nitrogen and oxygen atoms in total. The lowest BCUT2D eigenvalue weighted by Crippen LogP contribution is -2.76. The number of halogens is 20. The third-order valence-corrected chi connectivity index (χ3v) is 9.40. The highest BCUT2D eigenvalue weighted by Gasteiger charge is 2.97. The zero-order chi connectivity index (χ0) is 43.0. The zero-order valence-corrected chi connectivity index (χ0v) is 28.6. The molecule has 0 amide bonds. The number of benzene rings is 2. The van der Waals surface area contributed by atoms with E-state index in [1.165, 1.54) is 27.7 Å². The smallest absolute Gasteiger partial charge is 0.385 e. The Morgan fingerprint density at radius 1 is 0.407 bits per heavy atom. The molecule has 0 fully saturated rings. The monoisotopic (exact) mass is 824 g/mol. The maximum atomic E-state index is 15.0. The van der Waals surface area contributed by atoms with E-state index >= 15 is 17.6 Å². The number of hydrogen-bond acceptors (Lipinski definition) is 2. The molecule has 0 saturated heterocycles. The second kappa shape index (κ2) is 13.7. The predicted molar refractivity (Wildman–Crippen MR) is 156 cm³/mol. The summed E-state index contributed by atoms with van der Waals surface area (Å²) in [5.41, 5.74) is 3.28. The molecule has 0 heterocycles. The molecule has 4 N–H and O–H groups in total. The van der Waals surface area contributed by atoms with Gasteiger partial charge in [-0.3, -0.25) is 0 Å². The van der Waals surface area contributed by atoms with Gasteiger partial charge in [0.1, 0.15) is 0 Å². The predicted octanol–water partition coefficient (Wildman–Crippen LogP) is 12.5. The Morgan fingerprint density at radius 2 is 0.611 bits per heavy atom. The summed E-state index contributed by atoms with van der Waals surface area (Å²) in [7, 11) is 0. The molecule has 2 aromatic carbocycles. The quantitative estimate of drug-likeness (QED) is 0.139. The van der Waals surface area contributed by atoms with Crippen LogP contribution in [0.15, 0.2) is 24.3 Å². The molecule has 54 heavy (non-hydrogen) atoms. The van der Waals surface area contributed by atoms with E-state index in [9.17, 15) is 70.2 Å².